The summed E-state index contributed by atoms with van der Waals surface area (Å²) in [4.78, 5) is 17.2. The molecule has 2 heterocycles. The number of aromatic nitrogens is 1. The van der Waals surface area contributed by atoms with Gasteiger partial charge in [-0.3, -0.25) is 9.69 Å². The highest BCUT2D eigenvalue weighted by Crippen LogP contribution is 2.52. The average Bonchev–Trinajstić information content (AvgIpc) is 3.21. The van der Waals surface area contributed by atoms with Crippen LogP contribution in [-0.4, -0.2) is 61.1 Å². The van der Waals surface area contributed by atoms with Crippen molar-refractivity contribution >= 4 is 5.91 Å². The predicted molar refractivity (Wildman–Crippen MR) is 122 cm³/mol. The summed E-state index contributed by atoms with van der Waals surface area (Å²) in [7, 11) is 4.06. The smallest absolute Gasteiger partial charge is 0.220 e. The van der Waals surface area contributed by atoms with Crippen LogP contribution in [0.4, 0.5) is 0 Å². The first-order chi connectivity index (χ1) is 14.9. The maximum Gasteiger partial charge on any atom is 0.220 e. The molecule has 1 aromatic carbocycles. The summed E-state index contributed by atoms with van der Waals surface area (Å²) in [6, 6.07) is 8.85. The molecule has 0 saturated carbocycles. The Morgan fingerprint density at radius 2 is 2.00 bits per heavy atom. The molecule has 1 saturated heterocycles. The summed E-state index contributed by atoms with van der Waals surface area (Å²) in [6.45, 7) is 8.66. The van der Waals surface area contributed by atoms with Crippen molar-refractivity contribution in [2.75, 3.05) is 40.3 Å². The largest absolute Gasteiger partial charge is 0.361 e. The molecule has 0 unspecified atom stereocenters. The number of hydrogen-bond acceptors (Lipinski definition) is 5. The van der Waals surface area contributed by atoms with Gasteiger partial charge in [-0.25, -0.2) is 0 Å². The van der Waals surface area contributed by atoms with Crippen molar-refractivity contribution in [2.45, 2.75) is 57.4 Å². The van der Waals surface area contributed by atoms with Crippen LogP contribution in [0.5, 0.6) is 0 Å². The van der Waals surface area contributed by atoms with Crippen LogP contribution >= 0.6 is 0 Å². The van der Waals surface area contributed by atoms with Gasteiger partial charge in [0.1, 0.15) is 5.76 Å². The molecular formula is C25H36N4O2. The van der Waals surface area contributed by atoms with Gasteiger partial charge in [-0.05, 0) is 82.8 Å². The van der Waals surface area contributed by atoms with Gasteiger partial charge in [0.25, 0.3) is 0 Å². The normalized spacial score (nSPS) is 20.4. The lowest BCUT2D eigenvalue weighted by molar-refractivity contribution is -0.121. The van der Waals surface area contributed by atoms with Crippen molar-refractivity contribution in [3.8, 4) is 0 Å². The Kier molecular flexibility index (Phi) is 6.49. The zero-order valence-electron chi connectivity index (χ0n) is 19.4. The molecule has 1 N–H and O–H groups in total. The predicted octanol–water partition coefficient (Wildman–Crippen LogP) is 3.38. The number of fused-ring (bicyclic) bond motifs is 2. The van der Waals surface area contributed by atoms with Crippen LogP contribution in [-0.2, 0) is 16.8 Å². The zero-order chi connectivity index (χ0) is 22.0. The molecule has 1 fully saturated rings. The first-order valence-electron chi connectivity index (χ1n) is 11.5. The molecule has 1 amide bonds. The Morgan fingerprint density at radius 1 is 1.26 bits per heavy atom. The molecule has 0 radical (unpaired) electrons. The molecule has 6 heteroatoms. The number of benzene rings is 1. The third-order valence-electron chi connectivity index (χ3n) is 7.30. The van der Waals surface area contributed by atoms with Crippen LogP contribution in [0.15, 0.2) is 28.8 Å². The highest BCUT2D eigenvalue weighted by Gasteiger charge is 2.45. The van der Waals surface area contributed by atoms with Gasteiger partial charge in [0.05, 0.1) is 5.69 Å². The molecule has 0 bridgehead atoms. The standard InChI is InChI=1S/C25H36N4O2/c1-18-22(19(2)31-27-18)17-29-12-9-25(10-13-29)16-20(21-7-5-6-8-23(21)25)15-24(30)26-11-14-28(3)4/h5-8,20H,9-17H2,1-4H3,(H,26,30)/t20-/m1/s1. The number of carbonyl (C=O) groups is 1. The SMILES string of the molecule is Cc1noc(C)c1CN1CCC2(CC1)C[C@@H](CC(=O)NCCN(C)C)c1ccccc12. The summed E-state index contributed by atoms with van der Waals surface area (Å²) in [6.07, 6.45) is 3.97. The molecule has 1 aliphatic carbocycles. The Bertz CT molecular complexity index is 892. The fraction of sp³-hybridized carbons (Fsp3) is 0.600. The van der Waals surface area contributed by atoms with Crippen LogP contribution < -0.4 is 5.32 Å². The van der Waals surface area contributed by atoms with E-state index in [0.29, 0.717) is 18.9 Å². The van der Waals surface area contributed by atoms with Gasteiger partial charge >= 0.3 is 0 Å². The van der Waals surface area contributed by atoms with Gasteiger partial charge in [0.2, 0.25) is 5.91 Å². The minimum atomic E-state index is 0.176. The second-order valence-electron chi connectivity index (χ2n) is 9.70. The van der Waals surface area contributed by atoms with E-state index in [1.54, 1.807) is 0 Å². The van der Waals surface area contributed by atoms with Crippen LogP contribution in [0, 0.1) is 13.8 Å². The van der Waals surface area contributed by atoms with E-state index in [9.17, 15) is 4.79 Å². The van der Waals surface area contributed by atoms with E-state index >= 15 is 0 Å². The van der Waals surface area contributed by atoms with Crippen molar-refractivity contribution in [3.05, 3.63) is 52.4 Å². The summed E-state index contributed by atoms with van der Waals surface area (Å²) < 4.78 is 5.35. The van der Waals surface area contributed by atoms with Crippen LogP contribution in [0.1, 0.15) is 59.7 Å². The third kappa shape index (κ3) is 4.70. The van der Waals surface area contributed by atoms with E-state index in [4.69, 9.17) is 4.52 Å². The van der Waals surface area contributed by atoms with Crippen LogP contribution in [0.2, 0.25) is 0 Å². The lowest BCUT2D eigenvalue weighted by Crippen LogP contribution is -2.41. The molecular weight excluding hydrogens is 388 g/mol. The summed E-state index contributed by atoms with van der Waals surface area (Å²) >= 11 is 0. The second-order valence-corrected chi connectivity index (χ2v) is 9.70. The highest BCUT2D eigenvalue weighted by molar-refractivity contribution is 5.77. The third-order valence-corrected chi connectivity index (χ3v) is 7.30. The Labute approximate surface area is 186 Å². The summed E-state index contributed by atoms with van der Waals surface area (Å²) in [5.41, 5.74) is 5.32. The molecule has 1 aliphatic heterocycles. The maximum absolute atomic E-state index is 12.6. The Balaban J connectivity index is 1.41. The number of likely N-dealkylation sites (N-methyl/N-ethyl adjacent to an activating group) is 1. The number of rotatable bonds is 7. The van der Waals surface area contributed by atoms with Crippen LogP contribution in [0.3, 0.4) is 0 Å². The molecule has 1 aromatic heterocycles. The Hall–Kier alpha value is -2.18. The number of piperidine rings is 1. The van der Waals surface area contributed by atoms with Crippen molar-refractivity contribution < 1.29 is 9.32 Å². The Morgan fingerprint density at radius 3 is 2.68 bits per heavy atom. The molecule has 2 aliphatic rings. The summed E-state index contributed by atoms with van der Waals surface area (Å²) in [5.74, 6) is 1.43. The molecule has 4 rings (SSSR count). The molecule has 31 heavy (non-hydrogen) atoms. The first kappa shape index (κ1) is 22.0. The van der Waals surface area contributed by atoms with Crippen molar-refractivity contribution in [3.63, 3.8) is 0 Å². The maximum atomic E-state index is 12.6. The minimum Gasteiger partial charge on any atom is -0.361 e. The molecule has 6 nitrogen and oxygen atoms in total. The lowest BCUT2D eigenvalue weighted by atomic mass is 9.73. The number of carbonyl (C=O) groups excluding carboxylic acids is 1. The molecule has 168 valence electrons. The fourth-order valence-electron chi connectivity index (χ4n) is 5.49. The van der Waals surface area contributed by atoms with Gasteiger partial charge in [-0.1, -0.05) is 29.4 Å². The molecule has 1 spiro atoms. The highest BCUT2D eigenvalue weighted by atomic mass is 16.5. The first-order valence-corrected chi connectivity index (χ1v) is 11.5. The monoisotopic (exact) mass is 424 g/mol. The van der Waals surface area contributed by atoms with E-state index in [2.05, 4.69) is 44.5 Å². The minimum absolute atomic E-state index is 0.176. The fourth-order valence-corrected chi connectivity index (χ4v) is 5.49. The van der Waals surface area contributed by atoms with Crippen molar-refractivity contribution in [1.82, 2.24) is 20.3 Å². The number of hydrogen-bond donors (Lipinski definition) is 1. The van der Waals surface area contributed by atoms with E-state index in [0.717, 1.165) is 56.9 Å². The lowest BCUT2D eigenvalue weighted by Gasteiger charge is -2.40. The van der Waals surface area contributed by atoms with Gasteiger partial charge in [-0.2, -0.15) is 0 Å². The van der Waals surface area contributed by atoms with Crippen molar-refractivity contribution in [1.29, 1.82) is 0 Å². The molecule has 1 atom stereocenters. The van der Waals surface area contributed by atoms with Crippen LogP contribution in [0.25, 0.3) is 0 Å². The average molecular weight is 425 g/mol. The van der Waals surface area contributed by atoms with E-state index < -0.39 is 0 Å². The van der Waals surface area contributed by atoms with E-state index in [1.807, 2.05) is 27.9 Å². The van der Waals surface area contributed by atoms with Gasteiger partial charge in [0, 0.05) is 31.6 Å². The number of aryl methyl sites for hydroxylation is 2. The summed E-state index contributed by atoms with van der Waals surface area (Å²) in [5, 5.41) is 7.21. The quantitative estimate of drug-likeness (QED) is 0.738. The van der Waals surface area contributed by atoms with Crippen molar-refractivity contribution in [2.24, 2.45) is 0 Å². The second kappa shape index (κ2) is 9.13. The van der Waals surface area contributed by atoms with Gasteiger partial charge < -0.3 is 14.7 Å². The number of amides is 1. The number of likely N-dealkylation sites (tertiary alicyclic amines) is 1. The van der Waals surface area contributed by atoms with E-state index in [-0.39, 0.29) is 11.3 Å². The van der Waals surface area contributed by atoms with Gasteiger partial charge in [-0.15, -0.1) is 0 Å². The number of nitrogens with zero attached hydrogens (tertiary/aromatic N) is 3. The van der Waals surface area contributed by atoms with Gasteiger partial charge in [0.15, 0.2) is 0 Å². The number of nitrogens with one attached hydrogen (secondary N) is 1. The molecule has 2 aromatic rings. The van der Waals surface area contributed by atoms with E-state index in [1.165, 1.54) is 16.7 Å². The zero-order valence-corrected chi connectivity index (χ0v) is 19.4. The topological polar surface area (TPSA) is 61.6 Å².